The second-order valence-electron chi connectivity index (χ2n) is 6.05. The second kappa shape index (κ2) is 6.75. The molecule has 1 aromatic rings. The van der Waals surface area contributed by atoms with Crippen molar-refractivity contribution in [1.82, 2.24) is 4.90 Å². The lowest BCUT2D eigenvalue weighted by molar-refractivity contribution is 0.100. The average molecular weight is 275 g/mol. The summed E-state index contributed by atoms with van der Waals surface area (Å²) >= 11 is 0. The van der Waals surface area contributed by atoms with E-state index in [-0.39, 0.29) is 5.91 Å². The highest BCUT2D eigenvalue weighted by atomic mass is 16.1. The first-order valence-corrected chi connectivity index (χ1v) is 7.43. The third kappa shape index (κ3) is 4.23. The molecule has 0 spiro atoms. The molecule has 4 heteroatoms. The molecular weight excluding hydrogens is 250 g/mol. The van der Waals surface area contributed by atoms with E-state index >= 15 is 0 Å². The number of carbonyl (C=O) groups excluding carboxylic acids is 1. The van der Waals surface area contributed by atoms with E-state index in [0.29, 0.717) is 11.6 Å². The molecule has 0 atom stereocenters. The summed E-state index contributed by atoms with van der Waals surface area (Å²) in [5, 5.41) is 3.54. The molecule has 1 aliphatic rings. The first-order chi connectivity index (χ1) is 9.54. The summed E-state index contributed by atoms with van der Waals surface area (Å²) in [6.07, 6.45) is 2.34. The third-order valence-corrected chi connectivity index (χ3v) is 3.75. The summed E-state index contributed by atoms with van der Waals surface area (Å²) in [5.74, 6) is 0.361. The minimum absolute atomic E-state index is 0.376. The van der Waals surface area contributed by atoms with Crippen molar-refractivity contribution in [3.63, 3.8) is 0 Å². The molecule has 1 aliphatic heterocycles. The maximum Gasteiger partial charge on any atom is 0.248 e. The SMILES string of the molecule is CC(C)CN1CCC(Nc2ccc(C(N)=O)cc2)CC1. The van der Waals surface area contributed by atoms with Gasteiger partial charge in [-0.05, 0) is 43.0 Å². The van der Waals surface area contributed by atoms with Crippen LogP contribution in [0.15, 0.2) is 24.3 Å². The fraction of sp³-hybridized carbons (Fsp3) is 0.562. The quantitative estimate of drug-likeness (QED) is 0.867. The Balaban J connectivity index is 1.81. The van der Waals surface area contributed by atoms with Crippen molar-refractivity contribution in [1.29, 1.82) is 0 Å². The first kappa shape index (κ1) is 14.9. The molecule has 4 nitrogen and oxygen atoms in total. The van der Waals surface area contributed by atoms with Crippen molar-refractivity contribution in [2.75, 3.05) is 25.0 Å². The molecule has 20 heavy (non-hydrogen) atoms. The third-order valence-electron chi connectivity index (χ3n) is 3.75. The molecule has 1 saturated heterocycles. The van der Waals surface area contributed by atoms with Crippen molar-refractivity contribution in [3.05, 3.63) is 29.8 Å². The Morgan fingerprint density at radius 2 is 1.90 bits per heavy atom. The van der Waals surface area contributed by atoms with Crippen LogP contribution in [-0.2, 0) is 0 Å². The molecule has 0 aliphatic carbocycles. The van der Waals surface area contributed by atoms with Crippen molar-refractivity contribution < 1.29 is 4.79 Å². The molecule has 0 bridgehead atoms. The highest BCUT2D eigenvalue weighted by molar-refractivity contribution is 5.93. The van der Waals surface area contributed by atoms with Crippen LogP contribution in [0.1, 0.15) is 37.0 Å². The maximum absolute atomic E-state index is 11.0. The molecule has 110 valence electrons. The van der Waals surface area contributed by atoms with Crippen LogP contribution in [0.25, 0.3) is 0 Å². The normalized spacial score (nSPS) is 17.4. The summed E-state index contributed by atoms with van der Waals surface area (Å²) < 4.78 is 0. The Morgan fingerprint density at radius 3 is 2.40 bits per heavy atom. The Bertz CT molecular complexity index is 434. The number of carbonyl (C=O) groups is 1. The number of rotatable bonds is 5. The largest absolute Gasteiger partial charge is 0.382 e. The number of nitrogens with two attached hydrogens (primary N) is 1. The van der Waals surface area contributed by atoms with Gasteiger partial charge in [0, 0.05) is 36.9 Å². The predicted molar refractivity (Wildman–Crippen MR) is 82.9 cm³/mol. The van der Waals surface area contributed by atoms with Crippen LogP contribution in [0.2, 0.25) is 0 Å². The number of amides is 1. The predicted octanol–water partition coefficient (Wildman–Crippen LogP) is 2.32. The smallest absolute Gasteiger partial charge is 0.248 e. The summed E-state index contributed by atoms with van der Waals surface area (Å²) in [6.45, 7) is 8.06. The van der Waals surface area contributed by atoms with E-state index in [1.54, 1.807) is 12.1 Å². The molecule has 1 amide bonds. The Labute approximate surface area is 121 Å². The number of hydrogen-bond acceptors (Lipinski definition) is 3. The summed E-state index contributed by atoms with van der Waals surface area (Å²) in [6, 6.07) is 7.94. The molecule has 0 unspecified atom stereocenters. The lowest BCUT2D eigenvalue weighted by atomic mass is 10.0. The fourth-order valence-corrected chi connectivity index (χ4v) is 2.74. The van der Waals surface area contributed by atoms with Gasteiger partial charge in [-0.1, -0.05) is 13.8 Å². The van der Waals surface area contributed by atoms with E-state index < -0.39 is 0 Å². The number of benzene rings is 1. The Kier molecular flexibility index (Phi) is 5.01. The van der Waals surface area contributed by atoms with Crippen molar-refractivity contribution in [2.24, 2.45) is 11.7 Å². The van der Waals surface area contributed by atoms with Gasteiger partial charge in [0.15, 0.2) is 0 Å². The van der Waals surface area contributed by atoms with Crippen LogP contribution in [0.3, 0.4) is 0 Å². The molecule has 0 radical (unpaired) electrons. The first-order valence-electron chi connectivity index (χ1n) is 7.43. The van der Waals surface area contributed by atoms with Gasteiger partial charge in [0.25, 0.3) is 0 Å². The summed E-state index contributed by atoms with van der Waals surface area (Å²) in [4.78, 5) is 13.6. The number of nitrogens with one attached hydrogen (secondary N) is 1. The van der Waals surface area contributed by atoms with Crippen LogP contribution in [-0.4, -0.2) is 36.5 Å². The molecule has 2 rings (SSSR count). The molecular formula is C16H25N3O. The molecule has 0 saturated carbocycles. The zero-order valence-corrected chi connectivity index (χ0v) is 12.4. The molecule has 0 aromatic heterocycles. The van der Waals surface area contributed by atoms with Gasteiger partial charge in [-0.3, -0.25) is 4.79 Å². The van der Waals surface area contributed by atoms with Crippen molar-refractivity contribution >= 4 is 11.6 Å². The summed E-state index contributed by atoms with van der Waals surface area (Å²) in [5.41, 5.74) is 6.86. The molecule has 1 aromatic carbocycles. The lowest BCUT2D eigenvalue weighted by Crippen LogP contribution is -2.40. The van der Waals surface area contributed by atoms with Crippen molar-refractivity contribution in [2.45, 2.75) is 32.7 Å². The van der Waals surface area contributed by atoms with Gasteiger partial charge in [-0.15, -0.1) is 0 Å². The standard InChI is InChI=1S/C16H25N3O/c1-12(2)11-19-9-7-15(8-10-19)18-14-5-3-13(4-6-14)16(17)20/h3-6,12,15,18H,7-11H2,1-2H3,(H2,17,20). The van der Waals surface area contributed by atoms with Gasteiger partial charge in [0.05, 0.1) is 0 Å². The number of piperidine rings is 1. The minimum Gasteiger partial charge on any atom is -0.382 e. The Hall–Kier alpha value is -1.55. The fourth-order valence-electron chi connectivity index (χ4n) is 2.74. The van der Waals surface area contributed by atoms with Gasteiger partial charge in [0.2, 0.25) is 5.91 Å². The van der Waals surface area contributed by atoms with Crippen LogP contribution < -0.4 is 11.1 Å². The number of hydrogen-bond donors (Lipinski definition) is 2. The van der Waals surface area contributed by atoms with E-state index in [9.17, 15) is 4.79 Å². The Morgan fingerprint density at radius 1 is 1.30 bits per heavy atom. The highest BCUT2D eigenvalue weighted by Gasteiger charge is 2.19. The topological polar surface area (TPSA) is 58.4 Å². The molecule has 3 N–H and O–H groups in total. The van der Waals surface area contributed by atoms with E-state index in [4.69, 9.17) is 5.73 Å². The van der Waals surface area contributed by atoms with Gasteiger partial charge in [0.1, 0.15) is 0 Å². The van der Waals surface area contributed by atoms with Crippen molar-refractivity contribution in [3.8, 4) is 0 Å². The second-order valence-corrected chi connectivity index (χ2v) is 6.05. The highest BCUT2D eigenvalue weighted by Crippen LogP contribution is 2.18. The van der Waals surface area contributed by atoms with Crippen LogP contribution in [0.5, 0.6) is 0 Å². The summed E-state index contributed by atoms with van der Waals surface area (Å²) in [7, 11) is 0. The zero-order valence-electron chi connectivity index (χ0n) is 12.4. The number of nitrogens with zero attached hydrogens (tertiary/aromatic N) is 1. The average Bonchev–Trinajstić information content (AvgIpc) is 2.41. The molecule has 1 fully saturated rings. The van der Waals surface area contributed by atoms with Crippen LogP contribution in [0.4, 0.5) is 5.69 Å². The number of likely N-dealkylation sites (tertiary alicyclic amines) is 1. The number of primary amides is 1. The monoisotopic (exact) mass is 275 g/mol. The zero-order chi connectivity index (χ0) is 14.5. The van der Waals surface area contributed by atoms with Gasteiger partial charge >= 0.3 is 0 Å². The number of anilines is 1. The van der Waals surface area contributed by atoms with Crippen LogP contribution >= 0.6 is 0 Å². The van der Waals surface area contributed by atoms with Gasteiger partial charge < -0.3 is 16.0 Å². The maximum atomic E-state index is 11.0. The lowest BCUT2D eigenvalue weighted by Gasteiger charge is -2.33. The van der Waals surface area contributed by atoms with E-state index in [1.807, 2.05) is 12.1 Å². The van der Waals surface area contributed by atoms with E-state index in [1.165, 1.54) is 19.4 Å². The minimum atomic E-state index is -0.376. The van der Waals surface area contributed by atoms with E-state index in [2.05, 4.69) is 24.1 Å². The van der Waals surface area contributed by atoms with Gasteiger partial charge in [-0.25, -0.2) is 0 Å². The van der Waals surface area contributed by atoms with E-state index in [0.717, 1.165) is 24.7 Å². The van der Waals surface area contributed by atoms with Crippen LogP contribution in [0, 0.1) is 5.92 Å². The van der Waals surface area contributed by atoms with Gasteiger partial charge in [-0.2, -0.15) is 0 Å². The molecule has 1 heterocycles.